The van der Waals surface area contributed by atoms with Crippen LogP contribution in [0.2, 0.25) is 0 Å². The van der Waals surface area contributed by atoms with Crippen molar-refractivity contribution in [3.05, 3.63) is 308 Å². The summed E-state index contributed by atoms with van der Waals surface area (Å²) in [6, 6.07) is 107. The molecule has 74 heavy (non-hydrogen) atoms. The quantitative estimate of drug-likeness (QED) is 0.127. The zero-order chi connectivity index (χ0) is 49.0. The average Bonchev–Trinajstić information content (AvgIpc) is 3.83. The van der Waals surface area contributed by atoms with Crippen molar-refractivity contribution in [2.45, 2.75) is 5.92 Å². The Morgan fingerprint density at radius 3 is 1.12 bits per heavy atom. The van der Waals surface area contributed by atoms with Gasteiger partial charge < -0.3 is 4.57 Å². The maximum atomic E-state index is 2.44. The van der Waals surface area contributed by atoms with E-state index in [4.69, 9.17) is 0 Å². The molecule has 1 heteroatoms. The Morgan fingerprint density at radius 2 is 0.595 bits per heavy atom. The smallest absolute Gasteiger partial charge is 0.0541 e. The van der Waals surface area contributed by atoms with Crippen LogP contribution in [0.3, 0.4) is 0 Å². The summed E-state index contributed by atoms with van der Waals surface area (Å²) in [4.78, 5) is 0. The van der Waals surface area contributed by atoms with E-state index < -0.39 is 0 Å². The summed E-state index contributed by atoms with van der Waals surface area (Å²) in [6.45, 7) is 0. The number of fused-ring (bicyclic) bond motifs is 6. The Morgan fingerprint density at radius 1 is 0.230 bits per heavy atom. The second-order valence-corrected chi connectivity index (χ2v) is 19.6. The van der Waals surface area contributed by atoms with Crippen LogP contribution < -0.4 is 0 Å². The Hall–Kier alpha value is -9.56. The molecule has 0 amide bonds. The van der Waals surface area contributed by atoms with E-state index in [9.17, 15) is 0 Å². The van der Waals surface area contributed by atoms with E-state index in [-0.39, 0.29) is 5.92 Å². The molecule has 0 aliphatic heterocycles. The molecule has 1 aromatic heterocycles. The summed E-state index contributed by atoms with van der Waals surface area (Å²) in [5, 5.41) is 10.1. The van der Waals surface area contributed by atoms with Crippen LogP contribution >= 0.6 is 0 Å². The van der Waals surface area contributed by atoms with Crippen LogP contribution in [-0.4, -0.2) is 4.57 Å². The average molecular weight is 940 g/mol. The lowest BCUT2D eigenvalue weighted by molar-refractivity contribution is 0.989. The predicted molar refractivity (Wildman–Crippen MR) is 314 cm³/mol. The lowest BCUT2D eigenvalue weighted by Gasteiger charge is -2.21. The van der Waals surface area contributed by atoms with E-state index in [1.165, 1.54) is 126 Å². The minimum Gasteiger partial charge on any atom is -0.309 e. The molecule has 14 rings (SSSR count). The van der Waals surface area contributed by atoms with Crippen LogP contribution in [-0.2, 0) is 0 Å². The maximum absolute atomic E-state index is 2.44. The van der Waals surface area contributed by atoms with Gasteiger partial charge in [-0.1, -0.05) is 255 Å². The summed E-state index contributed by atoms with van der Waals surface area (Å²) >= 11 is 0. The zero-order valence-electron chi connectivity index (χ0n) is 40.7. The van der Waals surface area contributed by atoms with Crippen LogP contribution in [0.25, 0.3) is 115 Å². The lowest BCUT2D eigenvalue weighted by Crippen LogP contribution is -2.04. The fraction of sp³-hybridized carbons (Fsp3) is 0.0137. The van der Waals surface area contributed by atoms with Crippen LogP contribution in [0.1, 0.15) is 22.6 Å². The monoisotopic (exact) mass is 939 g/mol. The molecule has 0 aliphatic rings. The molecule has 1 atom stereocenters. The predicted octanol–water partition coefficient (Wildman–Crippen LogP) is 19.8. The number of aromatic nitrogens is 1. The second kappa shape index (κ2) is 18.2. The van der Waals surface area contributed by atoms with E-state index in [1.54, 1.807) is 0 Å². The normalized spacial score (nSPS) is 12.0. The van der Waals surface area contributed by atoms with Gasteiger partial charge in [-0.3, -0.25) is 0 Å². The van der Waals surface area contributed by atoms with Crippen molar-refractivity contribution in [1.82, 2.24) is 4.57 Å². The Balaban J connectivity index is 0.836. The molecule has 0 saturated heterocycles. The standard InChI is InChI=1S/C73H49N/c1-2-16-58(17-3-1)73(68-26-12-20-55-15-6-9-23-67(55)68)59-37-31-49(32-38-59)50-39-43-62(44-40-50)74-71-45-41-60(51-27-33-56(34-28-51)65-24-10-18-53-13-4-7-21-63(53)65)47-69(71)70-48-61(42-46-72(70)74)52-29-35-57(36-30-52)66-25-11-19-54-14-5-8-22-64(54)66/h1-48,73H. The highest BCUT2D eigenvalue weighted by molar-refractivity contribution is 6.12. The first-order valence-corrected chi connectivity index (χ1v) is 25.7. The SMILES string of the molecule is c1ccc(C(c2ccc(-c3ccc(-n4c5ccc(-c6ccc(-c7cccc8ccccc78)cc6)cc5c5cc(-c6ccc(-c7cccc8ccccc78)cc6)ccc54)cc3)cc2)c2cccc3ccccc23)cc1. The first kappa shape index (κ1) is 43.2. The number of nitrogens with zero attached hydrogens (tertiary/aromatic N) is 1. The molecule has 14 aromatic rings. The first-order valence-electron chi connectivity index (χ1n) is 25.7. The van der Waals surface area contributed by atoms with Gasteiger partial charge in [0, 0.05) is 22.4 Å². The molecule has 0 fully saturated rings. The van der Waals surface area contributed by atoms with Gasteiger partial charge in [0.05, 0.1) is 11.0 Å². The van der Waals surface area contributed by atoms with Crippen molar-refractivity contribution in [3.63, 3.8) is 0 Å². The number of rotatable bonds is 9. The van der Waals surface area contributed by atoms with E-state index >= 15 is 0 Å². The molecule has 1 heterocycles. The Labute approximate surface area is 431 Å². The lowest BCUT2D eigenvalue weighted by atomic mass is 9.82. The number of hydrogen-bond acceptors (Lipinski definition) is 0. The van der Waals surface area contributed by atoms with Crippen LogP contribution in [0, 0.1) is 0 Å². The third kappa shape index (κ3) is 7.66. The number of hydrogen-bond donors (Lipinski definition) is 0. The second-order valence-electron chi connectivity index (χ2n) is 19.6. The van der Waals surface area contributed by atoms with Gasteiger partial charge in [0.1, 0.15) is 0 Å². The molecule has 0 radical (unpaired) electrons. The van der Waals surface area contributed by atoms with E-state index in [0.717, 1.165) is 5.69 Å². The molecule has 13 aromatic carbocycles. The van der Waals surface area contributed by atoms with Crippen molar-refractivity contribution in [2.24, 2.45) is 0 Å². The van der Waals surface area contributed by atoms with E-state index in [1.807, 2.05) is 0 Å². The van der Waals surface area contributed by atoms with Crippen molar-refractivity contribution >= 4 is 54.1 Å². The Kier molecular flexibility index (Phi) is 10.7. The third-order valence-electron chi connectivity index (χ3n) is 15.4. The minimum atomic E-state index is 0.110. The maximum Gasteiger partial charge on any atom is 0.0541 e. The fourth-order valence-corrected chi connectivity index (χ4v) is 11.7. The van der Waals surface area contributed by atoms with E-state index in [0.29, 0.717) is 0 Å². The van der Waals surface area contributed by atoms with Crippen molar-refractivity contribution < 1.29 is 0 Å². The number of benzene rings is 13. The highest BCUT2D eigenvalue weighted by Crippen LogP contribution is 2.41. The third-order valence-corrected chi connectivity index (χ3v) is 15.4. The Bertz CT molecular complexity index is 4180. The summed E-state index contributed by atoms with van der Waals surface area (Å²) in [5.74, 6) is 0.110. The van der Waals surface area contributed by atoms with Gasteiger partial charge in [-0.05, 0) is 141 Å². The molecule has 1 nitrogen and oxygen atoms in total. The molecule has 346 valence electrons. The van der Waals surface area contributed by atoms with Crippen LogP contribution in [0.15, 0.2) is 291 Å². The van der Waals surface area contributed by atoms with Gasteiger partial charge in [0.15, 0.2) is 0 Å². The largest absolute Gasteiger partial charge is 0.309 e. The van der Waals surface area contributed by atoms with Gasteiger partial charge in [-0.25, -0.2) is 0 Å². The fourth-order valence-electron chi connectivity index (χ4n) is 11.7. The van der Waals surface area contributed by atoms with E-state index in [2.05, 4.69) is 296 Å². The highest BCUT2D eigenvalue weighted by atomic mass is 15.0. The molecule has 0 bridgehead atoms. The van der Waals surface area contributed by atoms with Gasteiger partial charge in [-0.2, -0.15) is 0 Å². The van der Waals surface area contributed by atoms with Crippen molar-refractivity contribution in [3.8, 4) is 61.3 Å². The molecule has 1 unspecified atom stereocenters. The molecular weight excluding hydrogens is 891 g/mol. The summed E-state index contributed by atoms with van der Waals surface area (Å²) < 4.78 is 2.44. The van der Waals surface area contributed by atoms with Gasteiger partial charge in [-0.15, -0.1) is 0 Å². The molecule has 0 saturated carbocycles. The topological polar surface area (TPSA) is 4.93 Å². The van der Waals surface area contributed by atoms with Gasteiger partial charge in [0.25, 0.3) is 0 Å². The molecule has 0 N–H and O–H groups in total. The van der Waals surface area contributed by atoms with Crippen LogP contribution in [0.4, 0.5) is 0 Å². The molecule has 0 aliphatic carbocycles. The summed E-state index contributed by atoms with van der Waals surface area (Å²) in [6.07, 6.45) is 0. The van der Waals surface area contributed by atoms with Gasteiger partial charge >= 0.3 is 0 Å². The summed E-state index contributed by atoms with van der Waals surface area (Å²) in [7, 11) is 0. The van der Waals surface area contributed by atoms with Gasteiger partial charge in [0.2, 0.25) is 0 Å². The summed E-state index contributed by atoms with van der Waals surface area (Å²) in [5.41, 5.74) is 19.5. The molecular formula is C73H49N. The minimum absolute atomic E-state index is 0.110. The van der Waals surface area contributed by atoms with Crippen LogP contribution in [0.5, 0.6) is 0 Å². The van der Waals surface area contributed by atoms with Crippen molar-refractivity contribution in [1.29, 1.82) is 0 Å². The highest BCUT2D eigenvalue weighted by Gasteiger charge is 2.20. The molecule has 0 spiro atoms. The first-order chi connectivity index (χ1) is 36.7. The van der Waals surface area contributed by atoms with Crippen molar-refractivity contribution in [2.75, 3.05) is 0 Å². The zero-order valence-corrected chi connectivity index (χ0v) is 40.7.